The lowest BCUT2D eigenvalue weighted by atomic mass is 10.1. The van der Waals surface area contributed by atoms with Gasteiger partial charge in [-0.15, -0.1) is 0 Å². The molecule has 0 unspecified atom stereocenters. The zero-order valence-corrected chi connectivity index (χ0v) is 13.6. The number of carbonyl (C=O) groups excluding carboxylic acids is 1. The van der Waals surface area contributed by atoms with Crippen molar-refractivity contribution in [2.75, 3.05) is 19.7 Å². The smallest absolute Gasteiger partial charge is 0.227 e. The Labute approximate surface area is 134 Å². The van der Waals surface area contributed by atoms with Crippen molar-refractivity contribution in [3.63, 3.8) is 0 Å². The van der Waals surface area contributed by atoms with Crippen LogP contribution in [-0.2, 0) is 16.0 Å². The van der Waals surface area contributed by atoms with E-state index in [1.165, 1.54) is 0 Å². The second-order valence-electron chi connectivity index (χ2n) is 5.73. The van der Waals surface area contributed by atoms with Crippen LogP contribution in [0.25, 0.3) is 0 Å². The van der Waals surface area contributed by atoms with Crippen LogP contribution >= 0.6 is 0 Å². The number of carbonyl (C=O) groups is 1. The predicted molar refractivity (Wildman–Crippen MR) is 81.7 cm³/mol. The van der Waals surface area contributed by atoms with Gasteiger partial charge in [-0.25, -0.2) is 9.97 Å². The third-order valence-electron chi connectivity index (χ3n) is 4.03. The lowest BCUT2D eigenvalue weighted by molar-refractivity contribution is -0.138. The second-order valence-corrected chi connectivity index (χ2v) is 5.73. The topological polar surface area (TPSA) is 81.4 Å². The molecule has 122 valence electrons. The minimum atomic E-state index is -0.280. The zero-order chi connectivity index (χ0) is 16.4. The first-order valence-electron chi connectivity index (χ1n) is 7.65. The standard InChI is InChI=1S/C16H20N4O3/c1-10-4-5-17-16(18-10)14-9-20(6-7-22-14)15(21)8-13-11(2)19-23-12(13)3/h4-5,14H,6-9H2,1-3H3/t14-/m1/s1. The van der Waals surface area contributed by atoms with Crippen molar-refractivity contribution in [3.8, 4) is 0 Å². The highest BCUT2D eigenvalue weighted by molar-refractivity contribution is 5.79. The van der Waals surface area contributed by atoms with Crippen molar-refractivity contribution < 1.29 is 14.1 Å². The molecule has 0 spiro atoms. The number of aromatic nitrogens is 3. The number of morpholine rings is 1. The number of hydrogen-bond donors (Lipinski definition) is 0. The van der Waals surface area contributed by atoms with E-state index in [1.807, 2.05) is 26.8 Å². The highest BCUT2D eigenvalue weighted by Crippen LogP contribution is 2.21. The van der Waals surface area contributed by atoms with Gasteiger partial charge in [-0.3, -0.25) is 4.79 Å². The summed E-state index contributed by atoms with van der Waals surface area (Å²) in [6, 6.07) is 1.84. The van der Waals surface area contributed by atoms with E-state index in [-0.39, 0.29) is 12.0 Å². The molecule has 0 N–H and O–H groups in total. The van der Waals surface area contributed by atoms with Gasteiger partial charge in [-0.05, 0) is 26.8 Å². The van der Waals surface area contributed by atoms with Gasteiger partial charge < -0.3 is 14.2 Å². The van der Waals surface area contributed by atoms with Gasteiger partial charge in [0.2, 0.25) is 5.91 Å². The molecule has 23 heavy (non-hydrogen) atoms. The molecule has 3 rings (SSSR count). The maximum absolute atomic E-state index is 12.6. The maximum Gasteiger partial charge on any atom is 0.227 e. The van der Waals surface area contributed by atoms with Gasteiger partial charge in [0.05, 0.1) is 25.3 Å². The van der Waals surface area contributed by atoms with Gasteiger partial charge >= 0.3 is 0 Å². The van der Waals surface area contributed by atoms with Crippen molar-refractivity contribution in [1.82, 2.24) is 20.0 Å². The van der Waals surface area contributed by atoms with Gasteiger partial charge in [-0.2, -0.15) is 0 Å². The van der Waals surface area contributed by atoms with Gasteiger partial charge in [-0.1, -0.05) is 5.16 Å². The summed E-state index contributed by atoms with van der Waals surface area (Å²) in [6.07, 6.45) is 1.73. The number of aryl methyl sites for hydroxylation is 3. The van der Waals surface area contributed by atoms with Crippen molar-refractivity contribution >= 4 is 5.91 Å². The molecule has 2 aromatic heterocycles. The summed E-state index contributed by atoms with van der Waals surface area (Å²) in [6.45, 7) is 7.10. The summed E-state index contributed by atoms with van der Waals surface area (Å²) in [7, 11) is 0. The van der Waals surface area contributed by atoms with Crippen LogP contribution in [-0.4, -0.2) is 45.6 Å². The van der Waals surface area contributed by atoms with E-state index in [1.54, 1.807) is 11.1 Å². The quantitative estimate of drug-likeness (QED) is 0.854. The van der Waals surface area contributed by atoms with Crippen LogP contribution in [0.2, 0.25) is 0 Å². The SMILES string of the molecule is Cc1ccnc([C@H]2CN(C(=O)Cc3c(C)noc3C)CCO2)n1. The van der Waals surface area contributed by atoms with Crippen molar-refractivity contribution in [2.45, 2.75) is 33.3 Å². The molecule has 1 aliphatic rings. The molecule has 1 fully saturated rings. The Bertz CT molecular complexity index is 694. The number of amides is 1. The fourth-order valence-electron chi connectivity index (χ4n) is 2.67. The molecule has 2 aromatic rings. The van der Waals surface area contributed by atoms with E-state index in [0.717, 1.165) is 17.0 Å². The third kappa shape index (κ3) is 3.39. The number of hydrogen-bond acceptors (Lipinski definition) is 6. The molecule has 0 radical (unpaired) electrons. The Morgan fingerprint density at radius 2 is 2.22 bits per heavy atom. The van der Waals surface area contributed by atoms with E-state index in [4.69, 9.17) is 9.26 Å². The van der Waals surface area contributed by atoms with Crippen molar-refractivity contribution in [1.29, 1.82) is 0 Å². The molecule has 1 saturated heterocycles. The van der Waals surface area contributed by atoms with E-state index in [0.29, 0.717) is 37.7 Å². The van der Waals surface area contributed by atoms with E-state index < -0.39 is 0 Å². The molecule has 1 atom stereocenters. The predicted octanol–water partition coefficient (Wildman–Crippen LogP) is 1.53. The Balaban J connectivity index is 1.70. The Morgan fingerprint density at radius 3 is 2.91 bits per heavy atom. The highest BCUT2D eigenvalue weighted by Gasteiger charge is 2.28. The molecule has 3 heterocycles. The lowest BCUT2D eigenvalue weighted by Crippen LogP contribution is -2.43. The van der Waals surface area contributed by atoms with Crippen LogP contribution in [0.1, 0.15) is 34.6 Å². The summed E-state index contributed by atoms with van der Waals surface area (Å²) in [5.74, 6) is 1.36. The lowest BCUT2D eigenvalue weighted by Gasteiger charge is -2.32. The molecule has 0 bridgehead atoms. The van der Waals surface area contributed by atoms with Crippen LogP contribution in [0.15, 0.2) is 16.8 Å². The van der Waals surface area contributed by atoms with E-state index in [2.05, 4.69) is 15.1 Å². The van der Waals surface area contributed by atoms with Crippen LogP contribution in [0.3, 0.4) is 0 Å². The minimum absolute atomic E-state index is 0.0420. The van der Waals surface area contributed by atoms with Gasteiger partial charge in [0.25, 0.3) is 0 Å². The Morgan fingerprint density at radius 1 is 1.39 bits per heavy atom. The molecule has 7 nitrogen and oxygen atoms in total. The van der Waals surface area contributed by atoms with E-state index >= 15 is 0 Å². The van der Waals surface area contributed by atoms with Crippen molar-refractivity contribution in [2.24, 2.45) is 0 Å². The normalized spacial score (nSPS) is 18.2. The monoisotopic (exact) mass is 316 g/mol. The zero-order valence-electron chi connectivity index (χ0n) is 13.6. The van der Waals surface area contributed by atoms with Crippen LogP contribution in [0.4, 0.5) is 0 Å². The molecule has 1 amide bonds. The fourth-order valence-corrected chi connectivity index (χ4v) is 2.67. The number of rotatable bonds is 3. The minimum Gasteiger partial charge on any atom is -0.367 e. The first kappa shape index (κ1) is 15.6. The molecule has 0 aliphatic carbocycles. The summed E-state index contributed by atoms with van der Waals surface area (Å²) in [5.41, 5.74) is 2.52. The highest BCUT2D eigenvalue weighted by atomic mass is 16.5. The first-order chi connectivity index (χ1) is 11.0. The average Bonchev–Trinajstić information content (AvgIpc) is 2.87. The van der Waals surface area contributed by atoms with Crippen LogP contribution in [0, 0.1) is 20.8 Å². The maximum atomic E-state index is 12.6. The Kier molecular flexibility index (Phi) is 4.38. The van der Waals surface area contributed by atoms with Gasteiger partial charge in [0.1, 0.15) is 11.9 Å². The van der Waals surface area contributed by atoms with Crippen LogP contribution < -0.4 is 0 Å². The molecule has 7 heteroatoms. The fraction of sp³-hybridized carbons (Fsp3) is 0.500. The molecular weight excluding hydrogens is 296 g/mol. The Hall–Kier alpha value is -2.28. The molecular formula is C16H20N4O3. The summed E-state index contributed by atoms with van der Waals surface area (Å²) >= 11 is 0. The first-order valence-corrected chi connectivity index (χ1v) is 7.65. The number of ether oxygens (including phenoxy) is 1. The van der Waals surface area contributed by atoms with Crippen LogP contribution in [0.5, 0.6) is 0 Å². The third-order valence-corrected chi connectivity index (χ3v) is 4.03. The summed E-state index contributed by atoms with van der Waals surface area (Å²) in [4.78, 5) is 23.0. The van der Waals surface area contributed by atoms with Crippen molar-refractivity contribution in [3.05, 3.63) is 40.8 Å². The van der Waals surface area contributed by atoms with Gasteiger partial charge in [0, 0.05) is 24.0 Å². The largest absolute Gasteiger partial charge is 0.367 e. The molecule has 0 saturated carbocycles. The molecule has 1 aliphatic heterocycles. The van der Waals surface area contributed by atoms with Gasteiger partial charge in [0.15, 0.2) is 5.82 Å². The summed E-state index contributed by atoms with van der Waals surface area (Å²) < 4.78 is 10.9. The second kappa shape index (κ2) is 6.45. The number of nitrogens with zero attached hydrogens (tertiary/aromatic N) is 4. The average molecular weight is 316 g/mol. The van der Waals surface area contributed by atoms with E-state index in [9.17, 15) is 4.79 Å². The molecule has 0 aromatic carbocycles. The summed E-state index contributed by atoms with van der Waals surface area (Å²) in [5, 5.41) is 3.90.